The predicted molar refractivity (Wildman–Crippen MR) is 110 cm³/mol. The van der Waals surface area contributed by atoms with E-state index in [0.29, 0.717) is 37.8 Å². The van der Waals surface area contributed by atoms with Crippen LogP contribution in [0.25, 0.3) is 22.6 Å². The summed E-state index contributed by atoms with van der Waals surface area (Å²) in [6.45, 7) is 0. The maximum Gasteiger partial charge on any atom is 0.268 e. The van der Waals surface area contributed by atoms with Gasteiger partial charge in [0.1, 0.15) is 5.69 Å². The van der Waals surface area contributed by atoms with Crippen molar-refractivity contribution in [3.63, 3.8) is 0 Å². The average Bonchev–Trinajstić information content (AvgIpc) is 3.03. The normalized spacial score (nSPS) is 11.5. The van der Waals surface area contributed by atoms with Crippen LogP contribution in [-0.4, -0.2) is 30.9 Å². The Kier molecular flexibility index (Phi) is 5.54. The maximum atomic E-state index is 12.5. The molecule has 0 saturated heterocycles. The molecule has 0 radical (unpaired) electrons. The molecule has 7 heteroatoms. The Morgan fingerprint density at radius 2 is 1.74 bits per heavy atom. The number of benzene rings is 2. The SMILES string of the molecule is CNC(=O)/C(=C/c1c(C(=O)NC)[nH]c2cc(Cl)cc(Cl)c12)c1ccccc1. The van der Waals surface area contributed by atoms with Gasteiger partial charge in [0.25, 0.3) is 11.8 Å². The fraction of sp³-hybridized carbons (Fsp3) is 0.100. The summed E-state index contributed by atoms with van der Waals surface area (Å²) < 4.78 is 0. The van der Waals surface area contributed by atoms with Gasteiger partial charge in [0.05, 0.1) is 5.02 Å². The lowest BCUT2D eigenvalue weighted by molar-refractivity contribution is -0.115. The summed E-state index contributed by atoms with van der Waals surface area (Å²) in [6.07, 6.45) is 1.66. The van der Waals surface area contributed by atoms with E-state index in [9.17, 15) is 9.59 Å². The van der Waals surface area contributed by atoms with Crippen molar-refractivity contribution in [2.75, 3.05) is 14.1 Å². The van der Waals surface area contributed by atoms with Crippen molar-refractivity contribution < 1.29 is 9.59 Å². The first-order chi connectivity index (χ1) is 13.0. The number of hydrogen-bond acceptors (Lipinski definition) is 2. The van der Waals surface area contributed by atoms with Crippen LogP contribution in [0.5, 0.6) is 0 Å². The highest BCUT2D eigenvalue weighted by Gasteiger charge is 2.20. The van der Waals surface area contributed by atoms with Gasteiger partial charge in [-0.25, -0.2) is 0 Å². The maximum absolute atomic E-state index is 12.5. The molecule has 0 fully saturated rings. The molecule has 3 aromatic rings. The molecule has 1 heterocycles. The van der Waals surface area contributed by atoms with Gasteiger partial charge < -0.3 is 15.6 Å². The molecule has 3 N–H and O–H groups in total. The van der Waals surface area contributed by atoms with E-state index < -0.39 is 0 Å². The highest BCUT2D eigenvalue weighted by atomic mass is 35.5. The van der Waals surface area contributed by atoms with Gasteiger partial charge in [0.15, 0.2) is 0 Å². The first-order valence-corrected chi connectivity index (χ1v) is 8.93. The Morgan fingerprint density at radius 3 is 2.37 bits per heavy atom. The molecular weight excluding hydrogens is 385 g/mol. The number of fused-ring (bicyclic) bond motifs is 1. The fourth-order valence-electron chi connectivity index (χ4n) is 2.90. The Morgan fingerprint density at radius 1 is 1.04 bits per heavy atom. The smallest absolute Gasteiger partial charge is 0.268 e. The standard InChI is InChI=1S/C20H17Cl2N3O2/c1-23-19(26)13(11-6-4-3-5-7-11)10-14-17-15(22)8-12(21)9-16(17)25-18(14)20(27)24-2/h3-10,25H,1-2H3,(H,23,26)(H,24,27)/b13-10+. The number of amides is 2. The number of halogens is 2. The van der Waals surface area contributed by atoms with E-state index in [4.69, 9.17) is 23.2 Å². The van der Waals surface area contributed by atoms with Crippen molar-refractivity contribution in [3.8, 4) is 0 Å². The van der Waals surface area contributed by atoms with Gasteiger partial charge >= 0.3 is 0 Å². The van der Waals surface area contributed by atoms with Crippen LogP contribution in [0.3, 0.4) is 0 Å². The monoisotopic (exact) mass is 401 g/mol. The van der Waals surface area contributed by atoms with Crippen molar-refractivity contribution in [2.24, 2.45) is 0 Å². The van der Waals surface area contributed by atoms with Crippen molar-refractivity contribution in [3.05, 3.63) is 69.3 Å². The Bertz CT molecular complexity index is 1060. The first-order valence-electron chi connectivity index (χ1n) is 8.18. The lowest BCUT2D eigenvalue weighted by atomic mass is 10.00. The molecule has 0 spiro atoms. The van der Waals surface area contributed by atoms with Crippen molar-refractivity contribution in [1.82, 2.24) is 15.6 Å². The zero-order chi connectivity index (χ0) is 19.6. The number of carbonyl (C=O) groups excluding carboxylic acids is 2. The number of likely N-dealkylation sites (N-methyl/N-ethyl adjacent to an activating group) is 1. The fourth-order valence-corrected chi connectivity index (χ4v) is 3.49. The Hall–Kier alpha value is -2.76. The molecule has 3 rings (SSSR count). The van der Waals surface area contributed by atoms with Crippen LogP contribution in [-0.2, 0) is 4.79 Å². The summed E-state index contributed by atoms with van der Waals surface area (Å²) in [5.74, 6) is -0.600. The van der Waals surface area contributed by atoms with Gasteiger partial charge in [-0.15, -0.1) is 0 Å². The second-order valence-electron chi connectivity index (χ2n) is 5.81. The van der Waals surface area contributed by atoms with Crippen LogP contribution in [0, 0.1) is 0 Å². The number of aromatic amines is 1. The van der Waals surface area contributed by atoms with E-state index in [1.54, 1.807) is 25.3 Å². The lowest BCUT2D eigenvalue weighted by Gasteiger charge is -2.08. The van der Waals surface area contributed by atoms with Gasteiger partial charge in [0, 0.05) is 41.2 Å². The van der Waals surface area contributed by atoms with E-state index >= 15 is 0 Å². The zero-order valence-corrected chi connectivity index (χ0v) is 16.2. The van der Waals surface area contributed by atoms with E-state index in [0.717, 1.165) is 5.56 Å². The molecule has 2 amide bonds. The largest absolute Gasteiger partial charge is 0.355 e. The summed E-state index contributed by atoms with van der Waals surface area (Å²) in [4.78, 5) is 28.0. The molecule has 0 aliphatic heterocycles. The summed E-state index contributed by atoms with van der Waals surface area (Å²) in [7, 11) is 3.09. The predicted octanol–water partition coefficient (Wildman–Crippen LogP) is 4.12. The molecule has 138 valence electrons. The van der Waals surface area contributed by atoms with Crippen molar-refractivity contribution in [2.45, 2.75) is 0 Å². The number of nitrogens with one attached hydrogen (secondary N) is 3. The summed E-state index contributed by atoms with van der Waals surface area (Å²) in [5, 5.41) is 6.69. The lowest BCUT2D eigenvalue weighted by Crippen LogP contribution is -2.20. The quantitative estimate of drug-likeness (QED) is 0.575. The van der Waals surface area contributed by atoms with Crippen LogP contribution in [0.2, 0.25) is 10.0 Å². The van der Waals surface area contributed by atoms with Gasteiger partial charge in [-0.1, -0.05) is 53.5 Å². The number of hydrogen-bond donors (Lipinski definition) is 3. The zero-order valence-electron chi connectivity index (χ0n) is 14.7. The topological polar surface area (TPSA) is 74.0 Å². The third kappa shape index (κ3) is 3.70. The molecule has 0 saturated carbocycles. The minimum atomic E-state index is -0.325. The molecule has 0 atom stereocenters. The second kappa shape index (κ2) is 7.86. The first kappa shape index (κ1) is 19.0. The number of carbonyl (C=O) groups is 2. The Labute approximate surface area is 166 Å². The van der Waals surface area contributed by atoms with Crippen molar-refractivity contribution in [1.29, 1.82) is 0 Å². The van der Waals surface area contributed by atoms with Gasteiger partial charge in [-0.3, -0.25) is 9.59 Å². The molecule has 2 aromatic carbocycles. The minimum Gasteiger partial charge on any atom is -0.355 e. The van der Waals surface area contributed by atoms with Crippen LogP contribution in [0.15, 0.2) is 42.5 Å². The van der Waals surface area contributed by atoms with E-state index in [-0.39, 0.29) is 11.8 Å². The number of H-pyrrole nitrogens is 1. The van der Waals surface area contributed by atoms with E-state index in [1.165, 1.54) is 7.05 Å². The summed E-state index contributed by atoms with van der Waals surface area (Å²) in [6, 6.07) is 12.5. The third-order valence-corrected chi connectivity index (χ3v) is 4.67. The average molecular weight is 402 g/mol. The van der Waals surface area contributed by atoms with E-state index in [1.807, 2.05) is 30.3 Å². The minimum absolute atomic E-state index is 0.275. The number of aromatic nitrogens is 1. The van der Waals surface area contributed by atoms with Gasteiger partial charge in [-0.2, -0.15) is 0 Å². The second-order valence-corrected chi connectivity index (χ2v) is 6.65. The molecule has 0 aliphatic rings. The Balaban J connectivity index is 2.35. The van der Waals surface area contributed by atoms with Crippen LogP contribution in [0.4, 0.5) is 0 Å². The molecule has 0 aliphatic carbocycles. The molecular formula is C20H17Cl2N3O2. The van der Waals surface area contributed by atoms with Crippen molar-refractivity contribution >= 4 is 57.6 Å². The van der Waals surface area contributed by atoms with Gasteiger partial charge in [0.2, 0.25) is 0 Å². The van der Waals surface area contributed by atoms with Crippen LogP contribution < -0.4 is 10.6 Å². The third-order valence-electron chi connectivity index (χ3n) is 4.15. The number of rotatable bonds is 4. The van der Waals surface area contributed by atoms with Gasteiger partial charge in [-0.05, 0) is 23.8 Å². The molecule has 5 nitrogen and oxygen atoms in total. The molecule has 0 unspecified atom stereocenters. The highest BCUT2D eigenvalue weighted by molar-refractivity contribution is 6.39. The summed E-state index contributed by atoms with van der Waals surface area (Å²) >= 11 is 12.5. The van der Waals surface area contributed by atoms with Crippen LogP contribution in [0.1, 0.15) is 21.6 Å². The molecule has 27 heavy (non-hydrogen) atoms. The van der Waals surface area contributed by atoms with Crippen LogP contribution >= 0.6 is 23.2 Å². The highest BCUT2D eigenvalue weighted by Crippen LogP contribution is 2.35. The summed E-state index contributed by atoms with van der Waals surface area (Å²) in [5.41, 5.74) is 2.57. The van der Waals surface area contributed by atoms with E-state index in [2.05, 4.69) is 15.6 Å². The molecule has 1 aromatic heterocycles. The molecule has 0 bridgehead atoms.